The topological polar surface area (TPSA) is 38.0 Å². The number of hydrogen-bond acceptors (Lipinski definition) is 3. The molecule has 1 aliphatic rings. The fraction of sp³-hybridized carbons (Fsp3) is 0.667. The standard InChI is InChI=1S/C12H20N2S/c1-9(7-13)14-8-10-3-2-4-12-11(10)5-6-15-12/h5-6,9-10,14H,2-4,7-8,13H2,1H3/t9-,10?/m0/s1. The van der Waals surface area contributed by atoms with Gasteiger partial charge in [-0.05, 0) is 49.1 Å². The molecule has 1 aromatic heterocycles. The molecule has 1 heterocycles. The highest BCUT2D eigenvalue weighted by molar-refractivity contribution is 7.10. The summed E-state index contributed by atoms with van der Waals surface area (Å²) in [5.74, 6) is 0.717. The van der Waals surface area contributed by atoms with E-state index in [0.29, 0.717) is 12.0 Å². The van der Waals surface area contributed by atoms with Gasteiger partial charge in [-0.1, -0.05) is 0 Å². The fourth-order valence-corrected chi connectivity index (χ4v) is 3.23. The lowest BCUT2D eigenvalue weighted by Crippen LogP contribution is -2.36. The van der Waals surface area contributed by atoms with Gasteiger partial charge in [-0.2, -0.15) is 0 Å². The number of nitrogens with one attached hydrogen (secondary N) is 1. The molecule has 1 aliphatic carbocycles. The molecule has 0 aromatic carbocycles. The molecule has 3 heteroatoms. The second kappa shape index (κ2) is 5.10. The van der Waals surface area contributed by atoms with Crippen LogP contribution in [0.4, 0.5) is 0 Å². The Morgan fingerprint density at radius 3 is 3.33 bits per heavy atom. The second-order valence-electron chi connectivity index (χ2n) is 4.43. The van der Waals surface area contributed by atoms with E-state index in [4.69, 9.17) is 5.73 Å². The van der Waals surface area contributed by atoms with Gasteiger partial charge in [-0.25, -0.2) is 0 Å². The molecular formula is C12H20N2S. The van der Waals surface area contributed by atoms with Crippen LogP contribution >= 0.6 is 11.3 Å². The molecule has 1 aromatic rings. The Kier molecular flexibility index (Phi) is 3.78. The van der Waals surface area contributed by atoms with E-state index in [1.54, 1.807) is 10.4 Å². The highest BCUT2D eigenvalue weighted by Crippen LogP contribution is 2.34. The fourth-order valence-electron chi connectivity index (χ4n) is 2.22. The van der Waals surface area contributed by atoms with Gasteiger partial charge in [-0.3, -0.25) is 0 Å². The number of thiophene rings is 1. The van der Waals surface area contributed by atoms with Crippen LogP contribution < -0.4 is 11.1 Å². The molecule has 0 spiro atoms. The van der Waals surface area contributed by atoms with Gasteiger partial charge in [0.15, 0.2) is 0 Å². The highest BCUT2D eigenvalue weighted by Gasteiger charge is 2.20. The molecule has 0 aliphatic heterocycles. The quantitative estimate of drug-likeness (QED) is 0.822. The maximum atomic E-state index is 5.60. The normalized spacial score (nSPS) is 22.4. The smallest absolute Gasteiger partial charge is 0.0162 e. The Labute approximate surface area is 95.9 Å². The third-order valence-corrected chi connectivity index (χ3v) is 4.24. The summed E-state index contributed by atoms with van der Waals surface area (Å²) in [4.78, 5) is 1.61. The zero-order valence-corrected chi connectivity index (χ0v) is 10.1. The van der Waals surface area contributed by atoms with Crippen molar-refractivity contribution < 1.29 is 0 Å². The van der Waals surface area contributed by atoms with Crippen LogP contribution in [0.25, 0.3) is 0 Å². The Hall–Kier alpha value is -0.380. The predicted molar refractivity (Wildman–Crippen MR) is 66.5 cm³/mol. The van der Waals surface area contributed by atoms with Crippen molar-refractivity contribution in [2.45, 2.75) is 38.1 Å². The second-order valence-corrected chi connectivity index (χ2v) is 5.43. The molecule has 0 radical (unpaired) electrons. The summed E-state index contributed by atoms with van der Waals surface area (Å²) in [5, 5.41) is 5.74. The number of rotatable bonds is 4. The van der Waals surface area contributed by atoms with E-state index in [0.717, 1.165) is 13.1 Å². The van der Waals surface area contributed by atoms with Gasteiger partial charge in [-0.15, -0.1) is 11.3 Å². The third kappa shape index (κ3) is 2.60. The van der Waals surface area contributed by atoms with Crippen LogP contribution in [0.15, 0.2) is 11.4 Å². The molecule has 0 fully saturated rings. The first-order valence-corrected chi connectivity index (χ1v) is 6.69. The molecule has 0 saturated heterocycles. The van der Waals surface area contributed by atoms with Crippen molar-refractivity contribution in [3.05, 3.63) is 21.9 Å². The third-order valence-electron chi connectivity index (χ3n) is 3.24. The maximum absolute atomic E-state index is 5.60. The summed E-state index contributed by atoms with van der Waals surface area (Å²) in [5.41, 5.74) is 7.19. The van der Waals surface area contributed by atoms with E-state index in [-0.39, 0.29) is 0 Å². The monoisotopic (exact) mass is 224 g/mol. The van der Waals surface area contributed by atoms with Crippen LogP contribution in [0, 0.1) is 0 Å². The Morgan fingerprint density at radius 1 is 1.67 bits per heavy atom. The number of hydrogen-bond donors (Lipinski definition) is 2. The van der Waals surface area contributed by atoms with E-state index >= 15 is 0 Å². The predicted octanol–water partition coefficient (Wildman–Crippen LogP) is 2.10. The summed E-state index contributed by atoms with van der Waals surface area (Å²) in [6.07, 6.45) is 3.96. The summed E-state index contributed by atoms with van der Waals surface area (Å²) in [6.45, 7) is 3.96. The number of nitrogens with two attached hydrogens (primary N) is 1. The van der Waals surface area contributed by atoms with Crippen LogP contribution in [0.1, 0.15) is 36.1 Å². The van der Waals surface area contributed by atoms with Crippen LogP contribution in [0.5, 0.6) is 0 Å². The van der Waals surface area contributed by atoms with Gasteiger partial charge in [0.1, 0.15) is 0 Å². The minimum atomic E-state index is 0.439. The molecule has 3 N–H and O–H groups in total. The van der Waals surface area contributed by atoms with E-state index in [2.05, 4.69) is 23.7 Å². The Balaban J connectivity index is 1.95. The van der Waals surface area contributed by atoms with Crippen molar-refractivity contribution in [3.8, 4) is 0 Å². The molecule has 1 unspecified atom stereocenters. The van der Waals surface area contributed by atoms with Crippen LogP contribution in [0.2, 0.25) is 0 Å². The van der Waals surface area contributed by atoms with Crippen molar-refractivity contribution in [1.82, 2.24) is 5.32 Å². The van der Waals surface area contributed by atoms with E-state index in [9.17, 15) is 0 Å². The molecule has 0 saturated carbocycles. The first-order valence-electron chi connectivity index (χ1n) is 5.81. The van der Waals surface area contributed by atoms with Crippen molar-refractivity contribution in [1.29, 1.82) is 0 Å². The first kappa shape index (κ1) is 11.1. The largest absolute Gasteiger partial charge is 0.329 e. The van der Waals surface area contributed by atoms with E-state index in [1.807, 2.05) is 11.3 Å². The van der Waals surface area contributed by atoms with Gasteiger partial charge in [0.2, 0.25) is 0 Å². The van der Waals surface area contributed by atoms with E-state index < -0.39 is 0 Å². The van der Waals surface area contributed by atoms with Crippen LogP contribution in [-0.2, 0) is 6.42 Å². The maximum Gasteiger partial charge on any atom is 0.0162 e. The Morgan fingerprint density at radius 2 is 2.53 bits per heavy atom. The summed E-state index contributed by atoms with van der Waals surface area (Å²) in [6, 6.07) is 2.74. The van der Waals surface area contributed by atoms with E-state index in [1.165, 1.54) is 19.3 Å². The highest BCUT2D eigenvalue weighted by atomic mass is 32.1. The SMILES string of the molecule is C[C@@H](CN)NCC1CCCc2sccc21. The van der Waals surface area contributed by atoms with Crippen molar-refractivity contribution in [2.75, 3.05) is 13.1 Å². The minimum absolute atomic E-state index is 0.439. The van der Waals surface area contributed by atoms with Gasteiger partial charge in [0.05, 0.1) is 0 Å². The molecule has 0 bridgehead atoms. The summed E-state index contributed by atoms with van der Waals surface area (Å²) < 4.78 is 0. The molecule has 0 amide bonds. The van der Waals surface area contributed by atoms with Gasteiger partial charge < -0.3 is 11.1 Å². The Bertz CT molecular complexity index is 308. The van der Waals surface area contributed by atoms with Crippen molar-refractivity contribution >= 4 is 11.3 Å². The summed E-state index contributed by atoms with van der Waals surface area (Å²) in [7, 11) is 0. The zero-order valence-electron chi connectivity index (χ0n) is 9.33. The number of fused-ring (bicyclic) bond motifs is 1. The molecule has 15 heavy (non-hydrogen) atoms. The van der Waals surface area contributed by atoms with Crippen molar-refractivity contribution in [2.24, 2.45) is 5.73 Å². The lowest BCUT2D eigenvalue weighted by atomic mass is 9.87. The lowest BCUT2D eigenvalue weighted by molar-refractivity contribution is 0.471. The molecule has 84 valence electrons. The zero-order chi connectivity index (χ0) is 10.7. The molecule has 2 atom stereocenters. The number of aryl methyl sites for hydroxylation is 1. The van der Waals surface area contributed by atoms with Crippen LogP contribution in [-0.4, -0.2) is 19.1 Å². The lowest BCUT2D eigenvalue weighted by Gasteiger charge is -2.24. The van der Waals surface area contributed by atoms with Gasteiger partial charge >= 0.3 is 0 Å². The molecular weight excluding hydrogens is 204 g/mol. The minimum Gasteiger partial charge on any atom is -0.329 e. The van der Waals surface area contributed by atoms with Gasteiger partial charge in [0, 0.05) is 24.0 Å². The first-order chi connectivity index (χ1) is 7.31. The van der Waals surface area contributed by atoms with Gasteiger partial charge in [0.25, 0.3) is 0 Å². The average Bonchev–Trinajstić information content (AvgIpc) is 2.74. The molecule has 2 rings (SSSR count). The average molecular weight is 224 g/mol. The summed E-state index contributed by atoms with van der Waals surface area (Å²) >= 11 is 1.92. The van der Waals surface area contributed by atoms with Crippen molar-refractivity contribution in [3.63, 3.8) is 0 Å². The molecule has 2 nitrogen and oxygen atoms in total. The van der Waals surface area contributed by atoms with Crippen LogP contribution in [0.3, 0.4) is 0 Å².